The van der Waals surface area contributed by atoms with Crippen LogP contribution in [0.15, 0.2) is 48.7 Å². The van der Waals surface area contributed by atoms with Gasteiger partial charge in [-0.1, -0.05) is 37.3 Å². The maximum absolute atomic E-state index is 10.3. The second-order valence-corrected chi connectivity index (χ2v) is 5.13. The summed E-state index contributed by atoms with van der Waals surface area (Å²) in [6.07, 6.45) is 2.36. The Kier molecular flexibility index (Phi) is 5.27. The zero-order valence-electron chi connectivity index (χ0n) is 12.2. The van der Waals surface area contributed by atoms with Crippen LogP contribution in [-0.4, -0.2) is 28.6 Å². The minimum Gasteiger partial charge on any atom is -0.387 e. The van der Waals surface area contributed by atoms with E-state index in [1.54, 1.807) is 6.20 Å². The van der Waals surface area contributed by atoms with Gasteiger partial charge in [-0.15, -0.1) is 0 Å². The van der Waals surface area contributed by atoms with E-state index >= 15 is 0 Å². The molecule has 1 heterocycles. The fourth-order valence-corrected chi connectivity index (χ4v) is 2.21. The Labute approximate surface area is 120 Å². The summed E-state index contributed by atoms with van der Waals surface area (Å²) in [7, 11) is 2.00. The van der Waals surface area contributed by atoms with Crippen LogP contribution in [-0.2, 0) is 13.0 Å². The van der Waals surface area contributed by atoms with Crippen molar-refractivity contribution in [3.63, 3.8) is 0 Å². The summed E-state index contributed by atoms with van der Waals surface area (Å²) in [5.41, 5.74) is 3.28. The summed E-state index contributed by atoms with van der Waals surface area (Å²) in [4.78, 5) is 6.38. The molecule has 2 aromatic rings. The Balaban J connectivity index is 1.91. The van der Waals surface area contributed by atoms with Crippen LogP contribution in [0, 0.1) is 0 Å². The average Bonchev–Trinajstić information content (AvgIpc) is 2.48. The molecule has 0 radical (unpaired) electrons. The maximum atomic E-state index is 10.3. The Bertz CT molecular complexity index is 510. The molecule has 0 saturated heterocycles. The number of pyridine rings is 1. The van der Waals surface area contributed by atoms with E-state index in [9.17, 15) is 5.11 Å². The van der Waals surface area contributed by atoms with Crippen molar-refractivity contribution in [3.05, 3.63) is 65.5 Å². The summed E-state index contributed by atoms with van der Waals surface area (Å²) in [6.45, 7) is 3.47. The monoisotopic (exact) mass is 270 g/mol. The zero-order chi connectivity index (χ0) is 14.4. The van der Waals surface area contributed by atoms with Gasteiger partial charge in [0.15, 0.2) is 0 Å². The van der Waals surface area contributed by atoms with Crippen LogP contribution < -0.4 is 0 Å². The average molecular weight is 270 g/mol. The lowest BCUT2D eigenvalue weighted by Crippen LogP contribution is -2.24. The van der Waals surface area contributed by atoms with Gasteiger partial charge in [-0.25, -0.2) is 0 Å². The molecule has 1 atom stereocenters. The van der Waals surface area contributed by atoms with Gasteiger partial charge in [0.25, 0.3) is 0 Å². The molecule has 0 saturated carbocycles. The third-order valence-corrected chi connectivity index (χ3v) is 3.42. The Morgan fingerprint density at radius 2 is 1.90 bits per heavy atom. The predicted octanol–water partition coefficient (Wildman–Crippen LogP) is 2.81. The van der Waals surface area contributed by atoms with Gasteiger partial charge in [0.05, 0.1) is 11.8 Å². The van der Waals surface area contributed by atoms with Gasteiger partial charge in [0.2, 0.25) is 0 Å². The van der Waals surface area contributed by atoms with E-state index in [1.165, 1.54) is 5.56 Å². The predicted molar refractivity (Wildman–Crippen MR) is 81.4 cm³/mol. The molecule has 0 aliphatic heterocycles. The van der Waals surface area contributed by atoms with E-state index in [1.807, 2.05) is 37.4 Å². The molecular weight excluding hydrogens is 248 g/mol. The van der Waals surface area contributed by atoms with Crippen LogP contribution in [0.2, 0.25) is 0 Å². The Morgan fingerprint density at radius 3 is 2.50 bits per heavy atom. The summed E-state index contributed by atoms with van der Waals surface area (Å²) in [6, 6.07) is 14.1. The first kappa shape index (κ1) is 14.7. The number of aliphatic hydroxyl groups excluding tert-OH is 1. The molecule has 1 aromatic heterocycles. The molecule has 1 aromatic carbocycles. The third-order valence-electron chi connectivity index (χ3n) is 3.42. The van der Waals surface area contributed by atoms with E-state index in [0.29, 0.717) is 6.54 Å². The first-order chi connectivity index (χ1) is 9.69. The van der Waals surface area contributed by atoms with Gasteiger partial charge in [0.1, 0.15) is 0 Å². The highest BCUT2D eigenvalue weighted by atomic mass is 16.3. The molecule has 1 N–H and O–H groups in total. The highest BCUT2D eigenvalue weighted by Crippen LogP contribution is 2.15. The molecule has 0 bridgehead atoms. The van der Waals surface area contributed by atoms with Gasteiger partial charge in [-0.2, -0.15) is 0 Å². The number of aromatic nitrogens is 1. The number of aryl methyl sites for hydroxylation is 1. The van der Waals surface area contributed by atoms with Crippen molar-refractivity contribution >= 4 is 0 Å². The number of rotatable bonds is 6. The first-order valence-electron chi connectivity index (χ1n) is 7.04. The van der Waals surface area contributed by atoms with Crippen LogP contribution in [0.1, 0.15) is 29.8 Å². The summed E-state index contributed by atoms with van der Waals surface area (Å²) in [5, 5.41) is 10.3. The van der Waals surface area contributed by atoms with Crippen LogP contribution in [0.3, 0.4) is 0 Å². The summed E-state index contributed by atoms with van der Waals surface area (Å²) >= 11 is 0. The lowest BCUT2D eigenvalue weighted by Gasteiger charge is -2.20. The van der Waals surface area contributed by atoms with Crippen LogP contribution >= 0.6 is 0 Å². The van der Waals surface area contributed by atoms with Crippen LogP contribution in [0.25, 0.3) is 0 Å². The normalized spacial score (nSPS) is 12.6. The zero-order valence-corrected chi connectivity index (χ0v) is 12.2. The van der Waals surface area contributed by atoms with Gasteiger partial charge in [-0.3, -0.25) is 9.88 Å². The maximum Gasteiger partial charge on any atom is 0.0916 e. The molecule has 106 valence electrons. The minimum absolute atomic E-state index is 0.463. The number of aliphatic hydroxyl groups is 1. The van der Waals surface area contributed by atoms with Crippen molar-refractivity contribution in [2.75, 3.05) is 13.6 Å². The van der Waals surface area contributed by atoms with Crippen LogP contribution in [0.5, 0.6) is 0 Å². The minimum atomic E-state index is -0.463. The fraction of sp³-hybridized carbons (Fsp3) is 0.353. The number of likely N-dealkylation sites (N-methyl/N-ethyl adjacent to an activating group) is 1. The van der Waals surface area contributed by atoms with E-state index in [2.05, 4.69) is 28.9 Å². The number of hydrogen-bond acceptors (Lipinski definition) is 3. The Hall–Kier alpha value is -1.71. The lowest BCUT2D eigenvalue weighted by molar-refractivity contribution is 0.123. The van der Waals surface area contributed by atoms with Crippen molar-refractivity contribution in [3.8, 4) is 0 Å². The second-order valence-electron chi connectivity index (χ2n) is 5.13. The smallest absolute Gasteiger partial charge is 0.0916 e. The van der Waals surface area contributed by atoms with Crippen molar-refractivity contribution < 1.29 is 5.11 Å². The quantitative estimate of drug-likeness (QED) is 0.877. The highest BCUT2D eigenvalue weighted by Gasteiger charge is 2.11. The fourth-order valence-electron chi connectivity index (χ4n) is 2.21. The van der Waals surface area contributed by atoms with Gasteiger partial charge in [0, 0.05) is 19.3 Å². The lowest BCUT2D eigenvalue weighted by atomic mass is 10.1. The molecule has 20 heavy (non-hydrogen) atoms. The third kappa shape index (κ3) is 4.15. The van der Waals surface area contributed by atoms with Crippen molar-refractivity contribution in [1.82, 2.24) is 9.88 Å². The van der Waals surface area contributed by atoms with E-state index < -0.39 is 6.10 Å². The highest BCUT2D eigenvalue weighted by molar-refractivity contribution is 5.24. The molecule has 1 unspecified atom stereocenters. The summed E-state index contributed by atoms with van der Waals surface area (Å²) in [5.74, 6) is 0. The second kappa shape index (κ2) is 7.17. The van der Waals surface area contributed by atoms with Crippen LogP contribution in [0.4, 0.5) is 0 Å². The standard InChI is InChI=1S/C17H22N2O/c1-3-14-7-9-15(10-8-14)17(20)13-19(2)12-16-6-4-5-11-18-16/h4-11,17,20H,3,12-13H2,1-2H3. The Morgan fingerprint density at radius 1 is 1.15 bits per heavy atom. The molecular formula is C17H22N2O. The topological polar surface area (TPSA) is 36.4 Å². The van der Waals surface area contributed by atoms with E-state index in [0.717, 1.165) is 24.2 Å². The summed E-state index contributed by atoms with van der Waals surface area (Å²) < 4.78 is 0. The SMILES string of the molecule is CCc1ccc(C(O)CN(C)Cc2ccccn2)cc1. The van der Waals surface area contributed by atoms with Crippen molar-refractivity contribution in [2.24, 2.45) is 0 Å². The number of nitrogens with zero attached hydrogens (tertiary/aromatic N) is 2. The molecule has 0 aliphatic carbocycles. The largest absolute Gasteiger partial charge is 0.387 e. The van der Waals surface area contributed by atoms with E-state index in [4.69, 9.17) is 0 Å². The van der Waals surface area contributed by atoms with Crippen molar-refractivity contribution in [2.45, 2.75) is 26.0 Å². The molecule has 0 aliphatic rings. The van der Waals surface area contributed by atoms with Gasteiger partial charge < -0.3 is 5.11 Å². The van der Waals surface area contributed by atoms with Gasteiger partial charge >= 0.3 is 0 Å². The van der Waals surface area contributed by atoms with E-state index in [-0.39, 0.29) is 0 Å². The molecule has 0 fully saturated rings. The van der Waals surface area contributed by atoms with Gasteiger partial charge in [-0.05, 0) is 36.7 Å². The van der Waals surface area contributed by atoms with Crippen molar-refractivity contribution in [1.29, 1.82) is 0 Å². The molecule has 0 amide bonds. The molecule has 3 nitrogen and oxygen atoms in total. The first-order valence-corrected chi connectivity index (χ1v) is 7.04. The molecule has 3 heteroatoms. The number of hydrogen-bond donors (Lipinski definition) is 1. The molecule has 0 spiro atoms. The number of benzene rings is 1. The molecule has 2 rings (SSSR count).